The van der Waals surface area contributed by atoms with Crippen molar-refractivity contribution in [3.8, 4) is 5.75 Å². The maximum absolute atomic E-state index is 9.94. The van der Waals surface area contributed by atoms with Gasteiger partial charge in [0.2, 0.25) is 0 Å². The van der Waals surface area contributed by atoms with Crippen molar-refractivity contribution in [1.29, 1.82) is 0 Å². The molecule has 0 aliphatic heterocycles. The van der Waals surface area contributed by atoms with Crippen LogP contribution in [0.25, 0.3) is 0 Å². The van der Waals surface area contributed by atoms with Gasteiger partial charge in [0.15, 0.2) is 0 Å². The first-order chi connectivity index (χ1) is 8.94. The number of fused-ring (bicyclic) bond motifs is 1. The zero-order chi connectivity index (χ0) is 13.9. The number of aliphatic hydroxyl groups is 1. The highest BCUT2D eigenvalue weighted by atomic mass is 127. The number of rotatable bonds is 5. The van der Waals surface area contributed by atoms with E-state index in [0.29, 0.717) is 13.2 Å². The van der Waals surface area contributed by atoms with E-state index in [-0.39, 0.29) is 24.0 Å². The Kier molecular flexibility index (Phi) is 6.75. The van der Waals surface area contributed by atoms with Gasteiger partial charge in [0.1, 0.15) is 25.0 Å². The summed E-state index contributed by atoms with van der Waals surface area (Å²) in [5.74, 6) is 0.890. The number of hydrogen-bond acceptors (Lipinski definition) is 2. The second kappa shape index (κ2) is 7.61. The second-order valence-corrected chi connectivity index (χ2v) is 6.58. The quantitative estimate of drug-likeness (QED) is 0.517. The van der Waals surface area contributed by atoms with E-state index in [2.05, 4.69) is 33.3 Å². The summed E-state index contributed by atoms with van der Waals surface area (Å²) in [6.07, 6.45) is 4.51. The standard InChI is InChI=1S/C16H26NO2.HI/c1-17(2,3)11-15(18)12-19-16-9-8-13-6-4-5-7-14(13)10-16;/h8-10,15,18H,4-7,11-12H2,1-3H3;1H/q+1;/p-1. The number of halogens is 1. The van der Waals surface area contributed by atoms with E-state index in [1.807, 2.05) is 6.07 Å². The lowest BCUT2D eigenvalue weighted by atomic mass is 9.92. The van der Waals surface area contributed by atoms with Gasteiger partial charge in [-0.2, -0.15) is 0 Å². The summed E-state index contributed by atoms with van der Waals surface area (Å²) in [6, 6.07) is 6.35. The fourth-order valence-electron chi connectivity index (χ4n) is 2.68. The highest BCUT2D eigenvalue weighted by Gasteiger charge is 2.16. The van der Waals surface area contributed by atoms with E-state index in [1.54, 1.807) is 0 Å². The molecular weight excluding hydrogens is 365 g/mol. The number of ether oxygens (including phenoxy) is 1. The number of nitrogens with zero attached hydrogens (tertiary/aromatic N) is 1. The molecule has 0 saturated carbocycles. The first kappa shape index (κ1) is 17.7. The molecule has 1 atom stereocenters. The van der Waals surface area contributed by atoms with Gasteiger partial charge in [-0.15, -0.1) is 0 Å². The predicted molar refractivity (Wildman–Crippen MR) is 77.5 cm³/mol. The Hall–Kier alpha value is -0.330. The fourth-order valence-corrected chi connectivity index (χ4v) is 2.68. The van der Waals surface area contributed by atoms with Crippen LogP contribution in [0.2, 0.25) is 0 Å². The topological polar surface area (TPSA) is 29.5 Å². The molecule has 0 amide bonds. The predicted octanol–water partition coefficient (Wildman–Crippen LogP) is -0.985. The van der Waals surface area contributed by atoms with E-state index in [4.69, 9.17) is 4.74 Å². The van der Waals surface area contributed by atoms with E-state index >= 15 is 0 Å². The molecular formula is C16H26INO2. The minimum Gasteiger partial charge on any atom is -1.00 e. The van der Waals surface area contributed by atoms with Crippen LogP contribution in [-0.4, -0.2) is 50.0 Å². The van der Waals surface area contributed by atoms with Crippen LogP contribution < -0.4 is 28.7 Å². The molecule has 3 nitrogen and oxygen atoms in total. The van der Waals surface area contributed by atoms with Crippen LogP contribution in [-0.2, 0) is 12.8 Å². The number of benzene rings is 1. The molecule has 1 aliphatic rings. The van der Waals surface area contributed by atoms with Gasteiger partial charge in [-0.1, -0.05) is 6.07 Å². The van der Waals surface area contributed by atoms with Gasteiger partial charge in [-0.25, -0.2) is 0 Å². The molecule has 1 N–H and O–H groups in total. The molecule has 20 heavy (non-hydrogen) atoms. The highest BCUT2D eigenvalue weighted by molar-refractivity contribution is 5.37. The van der Waals surface area contributed by atoms with Crippen LogP contribution in [0.1, 0.15) is 24.0 Å². The molecule has 0 fully saturated rings. The van der Waals surface area contributed by atoms with Gasteiger partial charge in [-0.05, 0) is 48.9 Å². The molecule has 1 unspecified atom stereocenters. The summed E-state index contributed by atoms with van der Waals surface area (Å²) in [7, 11) is 6.21. The SMILES string of the molecule is C[N+](C)(C)CC(O)COc1ccc2c(c1)CCCC2.[I-]. The van der Waals surface area contributed by atoms with Gasteiger partial charge in [-0.3, -0.25) is 0 Å². The molecule has 0 heterocycles. The first-order valence-electron chi connectivity index (χ1n) is 7.17. The van der Waals surface area contributed by atoms with E-state index in [9.17, 15) is 5.11 Å². The monoisotopic (exact) mass is 391 g/mol. The normalized spacial score (nSPS) is 16.0. The van der Waals surface area contributed by atoms with Crippen LogP contribution in [0.4, 0.5) is 0 Å². The molecule has 114 valence electrons. The number of hydrogen-bond donors (Lipinski definition) is 1. The van der Waals surface area contributed by atoms with Crippen LogP contribution in [0.15, 0.2) is 18.2 Å². The van der Waals surface area contributed by atoms with Gasteiger partial charge >= 0.3 is 0 Å². The summed E-state index contributed by atoms with van der Waals surface area (Å²) in [6.45, 7) is 1.07. The Labute approximate surface area is 139 Å². The maximum Gasteiger partial charge on any atom is 0.137 e. The third-order valence-electron chi connectivity index (χ3n) is 3.52. The van der Waals surface area contributed by atoms with Crippen LogP contribution in [0.5, 0.6) is 5.75 Å². The zero-order valence-corrected chi connectivity index (χ0v) is 14.9. The number of aliphatic hydroxyl groups excluding tert-OH is 1. The van der Waals surface area contributed by atoms with Crippen LogP contribution in [0, 0.1) is 0 Å². The van der Waals surface area contributed by atoms with E-state index in [1.165, 1.54) is 30.4 Å². The highest BCUT2D eigenvalue weighted by Crippen LogP contribution is 2.25. The molecule has 1 aromatic rings. The molecule has 0 radical (unpaired) electrons. The van der Waals surface area contributed by atoms with Crippen molar-refractivity contribution in [2.45, 2.75) is 31.8 Å². The van der Waals surface area contributed by atoms with Gasteiger partial charge in [0, 0.05) is 0 Å². The third kappa shape index (κ3) is 5.58. The van der Waals surface area contributed by atoms with Crippen LogP contribution in [0.3, 0.4) is 0 Å². The molecule has 0 aromatic heterocycles. The lowest BCUT2D eigenvalue weighted by Crippen LogP contribution is -3.00. The third-order valence-corrected chi connectivity index (χ3v) is 3.52. The molecule has 1 aliphatic carbocycles. The average molecular weight is 391 g/mol. The minimum absolute atomic E-state index is 0. The lowest BCUT2D eigenvalue weighted by molar-refractivity contribution is -0.873. The average Bonchev–Trinajstić information content (AvgIpc) is 2.34. The Bertz CT molecular complexity index is 429. The number of likely N-dealkylation sites (N-methyl/N-ethyl adjacent to an activating group) is 1. The fraction of sp³-hybridized carbons (Fsp3) is 0.625. The smallest absolute Gasteiger partial charge is 0.137 e. The molecule has 0 spiro atoms. The van der Waals surface area contributed by atoms with Crippen molar-refractivity contribution < 1.29 is 38.3 Å². The molecule has 4 heteroatoms. The van der Waals surface area contributed by atoms with Crippen molar-refractivity contribution >= 4 is 0 Å². The van der Waals surface area contributed by atoms with Gasteiger partial charge < -0.3 is 38.3 Å². The van der Waals surface area contributed by atoms with E-state index in [0.717, 1.165) is 16.7 Å². The number of aryl methyl sites for hydroxylation is 2. The largest absolute Gasteiger partial charge is 1.00 e. The first-order valence-corrected chi connectivity index (χ1v) is 7.17. The van der Waals surface area contributed by atoms with Crippen molar-refractivity contribution in [2.75, 3.05) is 34.3 Å². The summed E-state index contributed by atoms with van der Waals surface area (Å²) in [5, 5.41) is 9.94. The summed E-state index contributed by atoms with van der Waals surface area (Å²) < 4.78 is 6.46. The van der Waals surface area contributed by atoms with E-state index < -0.39 is 6.10 Å². The van der Waals surface area contributed by atoms with Crippen LogP contribution >= 0.6 is 0 Å². The lowest BCUT2D eigenvalue weighted by Gasteiger charge is -2.26. The Balaban J connectivity index is 0.00000200. The summed E-state index contributed by atoms with van der Waals surface area (Å²) in [5.41, 5.74) is 2.88. The summed E-state index contributed by atoms with van der Waals surface area (Å²) >= 11 is 0. The van der Waals surface area contributed by atoms with Crippen molar-refractivity contribution in [3.05, 3.63) is 29.3 Å². The van der Waals surface area contributed by atoms with Crippen molar-refractivity contribution in [1.82, 2.24) is 0 Å². The minimum atomic E-state index is -0.420. The summed E-state index contributed by atoms with van der Waals surface area (Å²) in [4.78, 5) is 0. The molecule has 0 saturated heterocycles. The Morgan fingerprint density at radius 2 is 1.80 bits per heavy atom. The van der Waals surface area contributed by atoms with Crippen molar-refractivity contribution in [2.24, 2.45) is 0 Å². The van der Waals surface area contributed by atoms with Gasteiger partial charge in [0.25, 0.3) is 0 Å². The number of quaternary nitrogens is 1. The Morgan fingerprint density at radius 1 is 1.15 bits per heavy atom. The maximum atomic E-state index is 9.94. The second-order valence-electron chi connectivity index (χ2n) is 6.58. The van der Waals surface area contributed by atoms with Crippen molar-refractivity contribution in [3.63, 3.8) is 0 Å². The Morgan fingerprint density at radius 3 is 2.45 bits per heavy atom. The zero-order valence-electron chi connectivity index (χ0n) is 12.7. The molecule has 1 aromatic carbocycles. The van der Waals surface area contributed by atoms with Gasteiger partial charge in [0.05, 0.1) is 21.1 Å². The molecule has 0 bridgehead atoms. The molecule has 2 rings (SSSR count).